The average Bonchev–Trinajstić information content (AvgIpc) is 2.47. The van der Waals surface area contributed by atoms with E-state index in [2.05, 4.69) is 12.1 Å². The van der Waals surface area contributed by atoms with Gasteiger partial charge in [0, 0.05) is 19.1 Å². The number of rotatable bonds is 7. The first-order chi connectivity index (χ1) is 10.1. The molecule has 2 atom stereocenters. The summed E-state index contributed by atoms with van der Waals surface area (Å²) in [6.45, 7) is 5.94. The van der Waals surface area contributed by atoms with E-state index >= 15 is 0 Å². The number of aliphatic hydroxyl groups is 1. The van der Waals surface area contributed by atoms with Crippen molar-refractivity contribution in [1.29, 1.82) is 0 Å². The highest BCUT2D eigenvalue weighted by Crippen LogP contribution is 2.29. The Morgan fingerprint density at radius 1 is 1.24 bits per heavy atom. The lowest BCUT2D eigenvalue weighted by Gasteiger charge is -2.41. The fourth-order valence-electron chi connectivity index (χ4n) is 2.60. The minimum atomic E-state index is -0.546. The van der Waals surface area contributed by atoms with Crippen molar-refractivity contribution < 1.29 is 19.3 Å². The maximum Gasteiger partial charge on any atom is 0.163 e. The molecule has 0 saturated carbocycles. The lowest BCUT2D eigenvalue weighted by Crippen LogP contribution is -2.46. The van der Waals surface area contributed by atoms with Crippen LogP contribution < -0.4 is 0 Å². The molecule has 2 rings (SSSR count). The molecule has 4 nitrogen and oxygen atoms in total. The zero-order chi connectivity index (χ0) is 15.1. The summed E-state index contributed by atoms with van der Waals surface area (Å²) in [6, 6.07) is 10.1. The lowest BCUT2D eigenvalue weighted by atomic mass is 9.95. The van der Waals surface area contributed by atoms with E-state index in [1.807, 2.05) is 32.0 Å². The Morgan fingerprint density at radius 2 is 2.00 bits per heavy atom. The van der Waals surface area contributed by atoms with Gasteiger partial charge in [0.2, 0.25) is 0 Å². The Labute approximate surface area is 127 Å². The van der Waals surface area contributed by atoms with Gasteiger partial charge in [-0.15, -0.1) is 0 Å². The molecule has 1 aliphatic heterocycles. The fourth-order valence-corrected chi connectivity index (χ4v) is 2.60. The largest absolute Gasteiger partial charge is 0.396 e. The van der Waals surface area contributed by atoms with E-state index in [0.29, 0.717) is 26.2 Å². The highest BCUT2D eigenvalue weighted by atomic mass is 16.7. The van der Waals surface area contributed by atoms with Gasteiger partial charge in [-0.2, -0.15) is 0 Å². The first kappa shape index (κ1) is 16.4. The summed E-state index contributed by atoms with van der Waals surface area (Å²) in [7, 11) is 0. The van der Waals surface area contributed by atoms with Gasteiger partial charge in [0.1, 0.15) is 0 Å². The van der Waals surface area contributed by atoms with E-state index in [9.17, 15) is 0 Å². The maximum absolute atomic E-state index is 9.14. The molecule has 1 N–H and O–H groups in total. The Morgan fingerprint density at radius 3 is 2.71 bits per heavy atom. The summed E-state index contributed by atoms with van der Waals surface area (Å²) in [6.07, 6.45) is 1.61. The third-order valence-electron chi connectivity index (χ3n) is 3.76. The van der Waals surface area contributed by atoms with E-state index < -0.39 is 5.79 Å². The van der Waals surface area contributed by atoms with Crippen molar-refractivity contribution >= 4 is 0 Å². The molecule has 4 heteroatoms. The van der Waals surface area contributed by atoms with Crippen molar-refractivity contribution in [2.45, 2.75) is 45.2 Å². The number of aliphatic hydroxyl groups excluding tert-OH is 1. The SMILES string of the molecule is CC1(C)OC[C@@H](CCO)[C@H](CCOCc2ccccc2)O1. The first-order valence-electron chi connectivity index (χ1n) is 7.65. The summed E-state index contributed by atoms with van der Waals surface area (Å²) < 4.78 is 17.4. The van der Waals surface area contributed by atoms with Crippen LogP contribution in [0.1, 0.15) is 32.3 Å². The van der Waals surface area contributed by atoms with E-state index in [1.165, 1.54) is 5.56 Å². The molecule has 1 aromatic rings. The van der Waals surface area contributed by atoms with E-state index in [1.54, 1.807) is 0 Å². The summed E-state index contributed by atoms with van der Waals surface area (Å²) in [4.78, 5) is 0. The Balaban J connectivity index is 1.76. The molecule has 1 heterocycles. The van der Waals surface area contributed by atoms with Crippen LogP contribution in [0.2, 0.25) is 0 Å². The topological polar surface area (TPSA) is 47.9 Å². The third-order valence-corrected chi connectivity index (χ3v) is 3.76. The Bertz CT molecular complexity index is 405. The van der Waals surface area contributed by atoms with E-state index in [0.717, 1.165) is 6.42 Å². The van der Waals surface area contributed by atoms with E-state index in [-0.39, 0.29) is 18.6 Å². The summed E-state index contributed by atoms with van der Waals surface area (Å²) in [5.41, 5.74) is 1.18. The summed E-state index contributed by atoms with van der Waals surface area (Å²) in [5, 5.41) is 9.14. The second-order valence-corrected chi connectivity index (χ2v) is 5.97. The average molecular weight is 294 g/mol. The Kier molecular flexibility index (Phi) is 6.18. The number of hydrogen-bond donors (Lipinski definition) is 1. The van der Waals surface area contributed by atoms with Gasteiger partial charge < -0.3 is 19.3 Å². The molecule has 0 bridgehead atoms. The van der Waals surface area contributed by atoms with Crippen molar-refractivity contribution in [3.05, 3.63) is 35.9 Å². The molecule has 1 saturated heterocycles. The van der Waals surface area contributed by atoms with Crippen molar-refractivity contribution in [3.8, 4) is 0 Å². The minimum absolute atomic E-state index is 0.0803. The number of hydrogen-bond acceptors (Lipinski definition) is 4. The quantitative estimate of drug-likeness (QED) is 0.786. The number of benzene rings is 1. The molecule has 1 aliphatic rings. The minimum Gasteiger partial charge on any atom is -0.396 e. The van der Waals surface area contributed by atoms with Gasteiger partial charge in [-0.3, -0.25) is 0 Å². The van der Waals surface area contributed by atoms with Gasteiger partial charge >= 0.3 is 0 Å². The smallest absolute Gasteiger partial charge is 0.163 e. The van der Waals surface area contributed by atoms with Crippen LogP contribution in [-0.4, -0.2) is 36.8 Å². The van der Waals surface area contributed by atoms with Crippen LogP contribution in [0.25, 0.3) is 0 Å². The van der Waals surface area contributed by atoms with Crippen LogP contribution in [0, 0.1) is 5.92 Å². The zero-order valence-corrected chi connectivity index (χ0v) is 13.0. The fraction of sp³-hybridized carbons (Fsp3) is 0.647. The summed E-state index contributed by atoms with van der Waals surface area (Å²) >= 11 is 0. The van der Waals surface area contributed by atoms with Gasteiger partial charge in [-0.25, -0.2) is 0 Å². The molecular formula is C17H26O4. The summed E-state index contributed by atoms with van der Waals surface area (Å²) in [5.74, 6) is -0.306. The van der Waals surface area contributed by atoms with Gasteiger partial charge in [0.05, 0.1) is 19.3 Å². The van der Waals surface area contributed by atoms with Crippen molar-refractivity contribution in [1.82, 2.24) is 0 Å². The molecule has 1 fully saturated rings. The number of ether oxygens (including phenoxy) is 3. The highest BCUT2D eigenvalue weighted by molar-refractivity contribution is 5.13. The first-order valence-corrected chi connectivity index (χ1v) is 7.65. The van der Waals surface area contributed by atoms with Crippen LogP contribution in [0.15, 0.2) is 30.3 Å². The van der Waals surface area contributed by atoms with Crippen molar-refractivity contribution in [2.75, 3.05) is 19.8 Å². The van der Waals surface area contributed by atoms with Crippen LogP contribution in [0.3, 0.4) is 0 Å². The van der Waals surface area contributed by atoms with Gasteiger partial charge in [-0.1, -0.05) is 30.3 Å². The molecule has 21 heavy (non-hydrogen) atoms. The van der Waals surface area contributed by atoms with Gasteiger partial charge in [0.15, 0.2) is 5.79 Å². The molecule has 0 unspecified atom stereocenters. The Hall–Kier alpha value is -0.940. The molecule has 0 radical (unpaired) electrons. The third kappa shape index (κ3) is 5.40. The monoisotopic (exact) mass is 294 g/mol. The van der Waals surface area contributed by atoms with Gasteiger partial charge in [0.25, 0.3) is 0 Å². The maximum atomic E-state index is 9.14. The molecule has 0 spiro atoms. The highest BCUT2D eigenvalue weighted by Gasteiger charge is 2.35. The van der Waals surface area contributed by atoms with Crippen molar-refractivity contribution in [3.63, 3.8) is 0 Å². The predicted molar refractivity (Wildman–Crippen MR) is 80.8 cm³/mol. The normalized spacial score (nSPS) is 24.9. The molecular weight excluding hydrogens is 268 g/mol. The van der Waals surface area contributed by atoms with Crippen LogP contribution >= 0.6 is 0 Å². The standard InChI is InChI=1S/C17H26O4/c1-17(2)20-13-15(8-10-18)16(21-17)9-11-19-12-14-6-4-3-5-7-14/h3-7,15-16,18H,8-13H2,1-2H3/t15-,16+/m1/s1. The second-order valence-electron chi connectivity index (χ2n) is 5.97. The molecule has 0 aromatic heterocycles. The van der Waals surface area contributed by atoms with Crippen LogP contribution in [-0.2, 0) is 20.8 Å². The molecule has 1 aromatic carbocycles. The van der Waals surface area contributed by atoms with Crippen LogP contribution in [0.4, 0.5) is 0 Å². The lowest BCUT2D eigenvalue weighted by molar-refractivity contribution is -0.296. The zero-order valence-electron chi connectivity index (χ0n) is 13.0. The molecule has 118 valence electrons. The molecule has 0 amide bonds. The van der Waals surface area contributed by atoms with Crippen molar-refractivity contribution in [2.24, 2.45) is 5.92 Å². The van der Waals surface area contributed by atoms with Crippen LogP contribution in [0.5, 0.6) is 0 Å². The predicted octanol–water partition coefficient (Wildman–Crippen LogP) is 2.74. The van der Waals surface area contributed by atoms with E-state index in [4.69, 9.17) is 19.3 Å². The molecule has 0 aliphatic carbocycles. The van der Waals surface area contributed by atoms with Gasteiger partial charge in [-0.05, 0) is 32.3 Å². The second kappa shape index (κ2) is 7.90.